The van der Waals surface area contributed by atoms with Gasteiger partial charge in [0.05, 0.1) is 5.69 Å². The van der Waals surface area contributed by atoms with Gasteiger partial charge in [0.15, 0.2) is 0 Å². The molecule has 0 aliphatic rings. The van der Waals surface area contributed by atoms with Crippen LogP contribution in [0.4, 0.5) is 0 Å². The molecule has 1 rings (SSSR count). The standard InChI is InChI=1S/C12H20N2O3S/c1-2-3-6-17-7-4-5-13-8-10-9-18-11(14-10)12(15)16/h9,13H,2-8H2,1H3,(H,15,16). The molecule has 0 fully saturated rings. The first-order valence-electron chi connectivity index (χ1n) is 6.20. The molecular formula is C12H20N2O3S. The normalized spacial score (nSPS) is 10.7. The molecule has 6 heteroatoms. The summed E-state index contributed by atoms with van der Waals surface area (Å²) in [5, 5.41) is 13.9. The highest BCUT2D eigenvalue weighted by Gasteiger charge is 2.07. The van der Waals surface area contributed by atoms with E-state index in [2.05, 4.69) is 17.2 Å². The van der Waals surface area contributed by atoms with Crippen LogP contribution in [0.1, 0.15) is 41.7 Å². The number of aromatic nitrogens is 1. The summed E-state index contributed by atoms with van der Waals surface area (Å²) in [6.07, 6.45) is 3.23. The lowest BCUT2D eigenvalue weighted by Crippen LogP contribution is -2.16. The molecule has 0 unspecified atom stereocenters. The van der Waals surface area contributed by atoms with Crippen LogP contribution in [0, 0.1) is 0 Å². The van der Waals surface area contributed by atoms with Crippen LogP contribution < -0.4 is 5.32 Å². The Bertz CT molecular complexity index is 355. The Morgan fingerprint density at radius 3 is 2.94 bits per heavy atom. The average molecular weight is 272 g/mol. The molecule has 0 saturated carbocycles. The molecule has 0 atom stereocenters. The van der Waals surface area contributed by atoms with Crippen molar-refractivity contribution in [3.8, 4) is 0 Å². The van der Waals surface area contributed by atoms with Gasteiger partial charge >= 0.3 is 5.97 Å². The van der Waals surface area contributed by atoms with Crippen molar-refractivity contribution < 1.29 is 14.6 Å². The molecule has 0 aliphatic carbocycles. The zero-order valence-corrected chi connectivity index (χ0v) is 11.5. The van der Waals surface area contributed by atoms with E-state index >= 15 is 0 Å². The number of rotatable bonds is 10. The molecule has 0 saturated heterocycles. The predicted octanol–water partition coefficient (Wildman–Crippen LogP) is 2.14. The Morgan fingerprint density at radius 2 is 2.28 bits per heavy atom. The van der Waals surface area contributed by atoms with Crippen molar-refractivity contribution in [3.05, 3.63) is 16.1 Å². The maximum Gasteiger partial charge on any atom is 0.365 e. The number of thiazole rings is 1. The van der Waals surface area contributed by atoms with Crippen molar-refractivity contribution in [2.45, 2.75) is 32.7 Å². The van der Waals surface area contributed by atoms with Crippen LogP contribution in [0.5, 0.6) is 0 Å². The zero-order chi connectivity index (χ0) is 13.2. The summed E-state index contributed by atoms with van der Waals surface area (Å²) in [6, 6.07) is 0. The second-order valence-electron chi connectivity index (χ2n) is 3.95. The number of carbonyl (C=O) groups is 1. The topological polar surface area (TPSA) is 71.5 Å². The highest BCUT2D eigenvalue weighted by Crippen LogP contribution is 2.09. The average Bonchev–Trinajstić information content (AvgIpc) is 2.81. The molecule has 0 aromatic carbocycles. The number of carboxylic acid groups (broad SMARTS) is 1. The second-order valence-corrected chi connectivity index (χ2v) is 4.80. The van der Waals surface area contributed by atoms with Crippen LogP contribution in [0.3, 0.4) is 0 Å². The molecule has 5 nitrogen and oxygen atoms in total. The molecule has 1 aromatic rings. The summed E-state index contributed by atoms with van der Waals surface area (Å²) in [4.78, 5) is 14.6. The van der Waals surface area contributed by atoms with Crippen molar-refractivity contribution >= 4 is 17.3 Å². The fourth-order valence-electron chi connectivity index (χ4n) is 1.35. The minimum atomic E-state index is -0.962. The van der Waals surface area contributed by atoms with E-state index in [1.165, 1.54) is 0 Å². The molecule has 0 bridgehead atoms. The lowest BCUT2D eigenvalue weighted by atomic mass is 10.3. The van der Waals surface area contributed by atoms with Crippen LogP contribution in [-0.4, -0.2) is 35.8 Å². The van der Waals surface area contributed by atoms with Gasteiger partial charge in [0, 0.05) is 25.1 Å². The molecule has 0 radical (unpaired) electrons. The van der Waals surface area contributed by atoms with Crippen molar-refractivity contribution in [2.75, 3.05) is 19.8 Å². The Morgan fingerprint density at radius 1 is 1.50 bits per heavy atom. The fraction of sp³-hybridized carbons (Fsp3) is 0.667. The summed E-state index contributed by atoms with van der Waals surface area (Å²) in [6.45, 7) is 5.21. The van der Waals surface area contributed by atoms with Crippen molar-refractivity contribution in [1.82, 2.24) is 10.3 Å². The largest absolute Gasteiger partial charge is 0.476 e. The summed E-state index contributed by atoms with van der Waals surface area (Å²) in [5.74, 6) is -0.962. The van der Waals surface area contributed by atoms with E-state index in [0.29, 0.717) is 6.54 Å². The number of hydrogen-bond donors (Lipinski definition) is 2. The first-order chi connectivity index (χ1) is 8.74. The van der Waals surface area contributed by atoms with Gasteiger partial charge < -0.3 is 15.2 Å². The first kappa shape index (κ1) is 15.1. The van der Waals surface area contributed by atoms with Crippen LogP contribution in [0.2, 0.25) is 0 Å². The van der Waals surface area contributed by atoms with E-state index in [0.717, 1.165) is 56.1 Å². The van der Waals surface area contributed by atoms with E-state index in [1.807, 2.05) is 0 Å². The number of unbranched alkanes of at least 4 members (excludes halogenated alkanes) is 1. The number of nitrogens with one attached hydrogen (secondary N) is 1. The van der Waals surface area contributed by atoms with E-state index in [4.69, 9.17) is 9.84 Å². The van der Waals surface area contributed by atoms with E-state index < -0.39 is 5.97 Å². The molecular weight excluding hydrogens is 252 g/mol. The quantitative estimate of drug-likeness (QED) is 0.638. The zero-order valence-electron chi connectivity index (χ0n) is 10.6. The number of aromatic carboxylic acids is 1. The lowest BCUT2D eigenvalue weighted by Gasteiger charge is -2.04. The van der Waals surface area contributed by atoms with Gasteiger partial charge in [0.1, 0.15) is 0 Å². The van der Waals surface area contributed by atoms with Gasteiger partial charge in [-0.25, -0.2) is 9.78 Å². The molecule has 2 N–H and O–H groups in total. The van der Waals surface area contributed by atoms with Crippen LogP contribution >= 0.6 is 11.3 Å². The Hall–Kier alpha value is -0.980. The third kappa shape index (κ3) is 6.09. The van der Waals surface area contributed by atoms with Gasteiger partial charge in [0.25, 0.3) is 0 Å². The van der Waals surface area contributed by atoms with Gasteiger partial charge in [-0.05, 0) is 19.4 Å². The second kappa shape index (κ2) is 9.02. The maximum atomic E-state index is 10.6. The first-order valence-corrected chi connectivity index (χ1v) is 7.08. The van der Waals surface area contributed by atoms with E-state index in [9.17, 15) is 4.79 Å². The SMILES string of the molecule is CCCCOCCCNCc1csc(C(=O)O)n1. The third-order valence-corrected chi connectivity index (χ3v) is 3.20. The summed E-state index contributed by atoms with van der Waals surface area (Å²) in [5.41, 5.74) is 0.782. The van der Waals surface area contributed by atoms with Crippen molar-refractivity contribution in [3.63, 3.8) is 0 Å². The van der Waals surface area contributed by atoms with Gasteiger partial charge in [-0.15, -0.1) is 11.3 Å². The van der Waals surface area contributed by atoms with E-state index in [-0.39, 0.29) is 5.01 Å². The number of ether oxygens (including phenoxy) is 1. The molecule has 1 heterocycles. The molecule has 1 aromatic heterocycles. The highest BCUT2D eigenvalue weighted by atomic mass is 32.1. The molecule has 0 amide bonds. The van der Waals surface area contributed by atoms with Gasteiger partial charge in [0.2, 0.25) is 5.01 Å². The highest BCUT2D eigenvalue weighted by molar-refractivity contribution is 7.11. The monoisotopic (exact) mass is 272 g/mol. The minimum absolute atomic E-state index is 0.148. The maximum absolute atomic E-state index is 10.6. The summed E-state index contributed by atoms with van der Waals surface area (Å²) >= 11 is 1.16. The lowest BCUT2D eigenvalue weighted by molar-refractivity contribution is 0.0696. The van der Waals surface area contributed by atoms with Gasteiger partial charge in [-0.1, -0.05) is 13.3 Å². The van der Waals surface area contributed by atoms with Gasteiger partial charge in [-0.2, -0.15) is 0 Å². The molecule has 102 valence electrons. The fourth-order valence-corrected chi connectivity index (χ4v) is 2.01. The van der Waals surface area contributed by atoms with Crippen LogP contribution in [0.15, 0.2) is 5.38 Å². The number of hydrogen-bond acceptors (Lipinski definition) is 5. The number of carboxylic acids is 1. The van der Waals surface area contributed by atoms with Crippen molar-refractivity contribution in [2.24, 2.45) is 0 Å². The summed E-state index contributed by atoms with van der Waals surface area (Å²) < 4.78 is 5.43. The smallest absolute Gasteiger partial charge is 0.365 e. The van der Waals surface area contributed by atoms with Crippen LogP contribution in [0.25, 0.3) is 0 Å². The van der Waals surface area contributed by atoms with Gasteiger partial charge in [-0.3, -0.25) is 0 Å². The molecule has 0 spiro atoms. The Balaban J connectivity index is 2.02. The Labute approximate surface area is 111 Å². The number of nitrogens with zero attached hydrogens (tertiary/aromatic N) is 1. The van der Waals surface area contributed by atoms with Crippen molar-refractivity contribution in [1.29, 1.82) is 0 Å². The van der Waals surface area contributed by atoms with Crippen LogP contribution in [-0.2, 0) is 11.3 Å². The molecule has 18 heavy (non-hydrogen) atoms. The molecule has 0 aliphatic heterocycles. The predicted molar refractivity (Wildman–Crippen MR) is 71.1 cm³/mol. The summed E-state index contributed by atoms with van der Waals surface area (Å²) in [7, 11) is 0. The van der Waals surface area contributed by atoms with E-state index in [1.54, 1.807) is 5.38 Å². The Kier molecular flexibility index (Phi) is 7.55. The minimum Gasteiger partial charge on any atom is -0.476 e. The third-order valence-electron chi connectivity index (χ3n) is 2.33.